The minimum atomic E-state index is -0.169. The number of azide groups is 1. The summed E-state index contributed by atoms with van der Waals surface area (Å²) in [5, 5.41) is 3.77. The quantitative estimate of drug-likeness (QED) is 0.387. The van der Waals surface area contributed by atoms with Gasteiger partial charge in [0.05, 0.1) is 5.70 Å². The molecule has 0 radical (unpaired) electrons. The number of carbonyl (C=O) groups is 2. The highest BCUT2D eigenvalue weighted by Crippen LogP contribution is 2.65. The van der Waals surface area contributed by atoms with E-state index in [1.54, 1.807) is 0 Å². The van der Waals surface area contributed by atoms with Gasteiger partial charge in [-0.3, -0.25) is 9.59 Å². The molecular formula is C20H25N3O2. The van der Waals surface area contributed by atoms with Gasteiger partial charge in [0.2, 0.25) is 0 Å². The Bertz CT molecular complexity index is 776. The first-order valence-corrected chi connectivity index (χ1v) is 9.37. The van der Waals surface area contributed by atoms with E-state index in [0.29, 0.717) is 42.1 Å². The molecule has 0 amide bonds. The zero-order chi connectivity index (χ0) is 18.0. The molecule has 0 aromatic heterocycles. The second-order valence-electron chi connectivity index (χ2n) is 8.86. The Labute approximate surface area is 148 Å². The number of Topliss-reactive ketones (excluding diaryl/α,β-unsaturated/α-hetero) is 2. The van der Waals surface area contributed by atoms with Crippen molar-refractivity contribution in [3.63, 3.8) is 0 Å². The van der Waals surface area contributed by atoms with Crippen molar-refractivity contribution in [1.82, 2.24) is 0 Å². The summed E-state index contributed by atoms with van der Waals surface area (Å²) in [6.07, 6.45) is 5.70. The highest BCUT2D eigenvalue weighted by Gasteiger charge is 2.60. The number of hydrogen-bond donors (Lipinski definition) is 0. The van der Waals surface area contributed by atoms with Crippen LogP contribution in [0.15, 0.2) is 28.5 Å². The van der Waals surface area contributed by atoms with E-state index in [-0.39, 0.29) is 16.6 Å². The molecule has 4 aliphatic rings. The summed E-state index contributed by atoms with van der Waals surface area (Å²) in [4.78, 5) is 27.8. The molecule has 0 saturated heterocycles. The summed E-state index contributed by atoms with van der Waals surface area (Å²) in [5.41, 5.74) is 10.7. The largest absolute Gasteiger partial charge is 0.299 e. The number of carbonyl (C=O) groups excluding carboxylic acids is 2. The van der Waals surface area contributed by atoms with Gasteiger partial charge in [-0.25, -0.2) is 0 Å². The van der Waals surface area contributed by atoms with Crippen LogP contribution in [0.25, 0.3) is 10.4 Å². The summed E-state index contributed by atoms with van der Waals surface area (Å²) < 4.78 is 0. The van der Waals surface area contributed by atoms with E-state index in [1.807, 2.05) is 0 Å². The third-order valence-electron chi connectivity index (χ3n) is 7.89. The van der Waals surface area contributed by atoms with Crippen molar-refractivity contribution >= 4 is 11.6 Å². The third-order valence-corrected chi connectivity index (χ3v) is 7.89. The minimum absolute atomic E-state index is 0.0541. The summed E-state index contributed by atoms with van der Waals surface area (Å²) >= 11 is 0. The van der Waals surface area contributed by atoms with Gasteiger partial charge in [-0.15, -0.1) is 0 Å². The second kappa shape index (κ2) is 5.31. The van der Waals surface area contributed by atoms with Gasteiger partial charge < -0.3 is 0 Å². The summed E-state index contributed by atoms with van der Waals surface area (Å²) in [5.74, 6) is 1.69. The zero-order valence-electron chi connectivity index (χ0n) is 15.0. The van der Waals surface area contributed by atoms with Crippen LogP contribution in [0.5, 0.6) is 0 Å². The van der Waals surface area contributed by atoms with E-state index in [1.165, 1.54) is 0 Å². The first-order chi connectivity index (χ1) is 11.8. The van der Waals surface area contributed by atoms with Crippen molar-refractivity contribution in [2.75, 3.05) is 0 Å². The number of nitrogens with zero attached hydrogens (tertiary/aromatic N) is 3. The number of hydrogen-bond acceptors (Lipinski definition) is 3. The predicted octanol–water partition coefficient (Wildman–Crippen LogP) is 4.89. The maximum absolute atomic E-state index is 12.5. The molecule has 5 nitrogen and oxygen atoms in total. The monoisotopic (exact) mass is 339 g/mol. The predicted molar refractivity (Wildman–Crippen MR) is 94.3 cm³/mol. The highest BCUT2D eigenvalue weighted by atomic mass is 16.1. The van der Waals surface area contributed by atoms with E-state index >= 15 is 0 Å². The lowest BCUT2D eigenvalue weighted by Gasteiger charge is -2.57. The molecule has 4 aliphatic carbocycles. The number of rotatable bonds is 1. The normalized spacial score (nSPS) is 43.3. The summed E-state index contributed by atoms with van der Waals surface area (Å²) in [6, 6.07) is 0. The Balaban J connectivity index is 1.82. The third kappa shape index (κ3) is 2.05. The maximum Gasteiger partial charge on any atom is 0.165 e. The maximum atomic E-state index is 12.5. The fourth-order valence-electron chi connectivity index (χ4n) is 6.64. The van der Waals surface area contributed by atoms with Crippen LogP contribution in [0.3, 0.4) is 0 Å². The number of ketones is 2. The number of allylic oxidation sites excluding steroid dienone is 2. The molecule has 25 heavy (non-hydrogen) atoms. The standard InChI is InChI=1S/C20H25N3O2/c1-11-10-12-13-4-5-16(25)19(13,2)8-6-14(12)20(3)9-7-15(24)18(17(11)20)22-23-21/h12-14H,1,4-10H2,2-3H3/t12-,13-,14+,19-,20+/m0/s1. The lowest BCUT2D eigenvalue weighted by molar-refractivity contribution is -0.132. The molecule has 3 saturated carbocycles. The van der Waals surface area contributed by atoms with Crippen molar-refractivity contribution in [3.8, 4) is 0 Å². The molecule has 0 spiro atoms. The van der Waals surface area contributed by atoms with Gasteiger partial charge in [-0.1, -0.05) is 31.1 Å². The van der Waals surface area contributed by atoms with Crippen LogP contribution in [0.1, 0.15) is 58.8 Å². The van der Waals surface area contributed by atoms with E-state index < -0.39 is 0 Å². The Kier molecular flexibility index (Phi) is 3.52. The minimum Gasteiger partial charge on any atom is -0.299 e. The van der Waals surface area contributed by atoms with Crippen molar-refractivity contribution in [3.05, 3.63) is 33.9 Å². The second-order valence-corrected chi connectivity index (χ2v) is 8.86. The SMILES string of the molecule is C=C1C[C@@H]2[C@@H](CC[C@]3(C)C(=O)CC[C@@H]23)[C@@]2(C)CCC(=O)C(N=[N+]=[N-])=C12. The molecule has 5 heteroatoms. The van der Waals surface area contributed by atoms with Crippen LogP contribution in [0.2, 0.25) is 0 Å². The van der Waals surface area contributed by atoms with Crippen LogP contribution in [0, 0.1) is 28.6 Å². The molecule has 3 fully saturated rings. The van der Waals surface area contributed by atoms with E-state index in [9.17, 15) is 9.59 Å². The van der Waals surface area contributed by atoms with E-state index in [4.69, 9.17) is 5.53 Å². The van der Waals surface area contributed by atoms with Crippen molar-refractivity contribution < 1.29 is 9.59 Å². The fourth-order valence-corrected chi connectivity index (χ4v) is 6.64. The van der Waals surface area contributed by atoms with Gasteiger partial charge in [-0.05, 0) is 66.4 Å². The average Bonchev–Trinajstić information content (AvgIpc) is 2.87. The Morgan fingerprint density at radius 2 is 1.84 bits per heavy atom. The van der Waals surface area contributed by atoms with Crippen molar-refractivity contribution in [2.45, 2.75) is 58.8 Å². The lowest BCUT2D eigenvalue weighted by atomic mass is 9.46. The topological polar surface area (TPSA) is 82.9 Å². The van der Waals surface area contributed by atoms with Gasteiger partial charge >= 0.3 is 0 Å². The van der Waals surface area contributed by atoms with Gasteiger partial charge in [0.15, 0.2) is 5.78 Å². The summed E-state index contributed by atoms with van der Waals surface area (Å²) in [7, 11) is 0. The fraction of sp³-hybridized carbons (Fsp3) is 0.700. The molecule has 0 aliphatic heterocycles. The van der Waals surface area contributed by atoms with Crippen LogP contribution in [-0.2, 0) is 9.59 Å². The lowest BCUT2D eigenvalue weighted by Crippen LogP contribution is -2.51. The van der Waals surface area contributed by atoms with Crippen molar-refractivity contribution in [2.24, 2.45) is 33.7 Å². The van der Waals surface area contributed by atoms with Crippen LogP contribution in [-0.4, -0.2) is 11.6 Å². The van der Waals surface area contributed by atoms with Gasteiger partial charge in [0, 0.05) is 23.2 Å². The molecular weight excluding hydrogens is 314 g/mol. The first kappa shape index (κ1) is 16.6. The first-order valence-electron chi connectivity index (χ1n) is 9.37. The molecule has 5 atom stereocenters. The van der Waals surface area contributed by atoms with Crippen molar-refractivity contribution in [1.29, 1.82) is 0 Å². The van der Waals surface area contributed by atoms with E-state index in [0.717, 1.165) is 43.3 Å². The molecule has 0 heterocycles. The van der Waals surface area contributed by atoms with Crippen LogP contribution in [0.4, 0.5) is 0 Å². The molecule has 132 valence electrons. The average molecular weight is 339 g/mol. The Morgan fingerprint density at radius 1 is 1.12 bits per heavy atom. The van der Waals surface area contributed by atoms with Gasteiger partial charge in [0.25, 0.3) is 0 Å². The molecule has 0 aromatic carbocycles. The molecule has 0 bridgehead atoms. The van der Waals surface area contributed by atoms with Gasteiger partial charge in [-0.2, -0.15) is 0 Å². The van der Waals surface area contributed by atoms with Crippen LogP contribution < -0.4 is 0 Å². The summed E-state index contributed by atoms with van der Waals surface area (Å²) in [6.45, 7) is 8.67. The number of fused-ring (bicyclic) bond motifs is 5. The highest BCUT2D eigenvalue weighted by molar-refractivity contribution is 5.98. The molecule has 4 rings (SSSR count). The van der Waals surface area contributed by atoms with Gasteiger partial charge in [0.1, 0.15) is 5.78 Å². The Morgan fingerprint density at radius 3 is 2.56 bits per heavy atom. The zero-order valence-corrected chi connectivity index (χ0v) is 15.0. The van der Waals surface area contributed by atoms with Crippen LogP contribution >= 0.6 is 0 Å². The molecule has 0 N–H and O–H groups in total. The smallest absolute Gasteiger partial charge is 0.165 e. The van der Waals surface area contributed by atoms with E-state index in [2.05, 4.69) is 30.5 Å². The Hall–Kier alpha value is -1.87. The molecule has 0 aromatic rings. The molecule has 0 unspecified atom stereocenters.